The van der Waals surface area contributed by atoms with E-state index in [0.717, 1.165) is 13.2 Å². The first-order chi connectivity index (χ1) is 7.77. The monoisotopic (exact) mass is 228 g/mol. The van der Waals surface area contributed by atoms with Gasteiger partial charge < -0.3 is 15.8 Å². The smallest absolute Gasteiger partial charge is 0.222 e. The summed E-state index contributed by atoms with van der Waals surface area (Å²) in [6.07, 6.45) is 4.20. The summed E-state index contributed by atoms with van der Waals surface area (Å²) in [6.45, 7) is 4.67. The predicted molar refractivity (Wildman–Crippen MR) is 64.0 cm³/mol. The highest BCUT2D eigenvalue weighted by atomic mass is 16.5. The molecule has 1 aliphatic carbocycles. The van der Waals surface area contributed by atoms with Gasteiger partial charge in [-0.3, -0.25) is 4.79 Å². The Labute approximate surface area is 97.9 Å². The lowest BCUT2D eigenvalue weighted by Gasteiger charge is -2.17. The summed E-state index contributed by atoms with van der Waals surface area (Å²) in [6, 6.07) is 0. The van der Waals surface area contributed by atoms with Crippen molar-refractivity contribution in [1.29, 1.82) is 0 Å². The van der Waals surface area contributed by atoms with E-state index in [1.807, 2.05) is 6.92 Å². The van der Waals surface area contributed by atoms with Gasteiger partial charge >= 0.3 is 0 Å². The van der Waals surface area contributed by atoms with Gasteiger partial charge in [0.15, 0.2) is 0 Å². The molecule has 0 aromatic carbocycles. The van der Waals surface area contributed by atoms with E-state index in [2.05, 4.69) is 5.32 Å². The maximum absolute atomic E-state index is 11.1. The van der Waals surface area contributed by atoms with Gasteiger partial charge in [0.25, 0.3) is 0 Å². The van der Waals surface area contributed by atoms with Crippen molar-refractivity contribution in [1.82, 2.24) is 5.32 Å². The van der Waals surface area contributed by atoms with E-state index in [1.54, 1.807) is 0 Å². The van der Waals surface area contributed by atoms with E-state index in [9.17, 15) is 4.79 Å². The largest absolute Gasteiger partial charge is 0.381 e. The van der Waals surface area contributed by atoms with Crippen LogP contribution in [0.15, 0.2) is 0 Å². The SMILES string of the molecule is CCNC(=O)CCOCC1CCCC1CN. The number of ether oxygens (including phenoxy) is 1. The van der Waals surface area contributed by atoms with Gasteiger partial charge in [-0.1, -0.05) is 6.42 Å². The molecule has 2 atom stereocenters. The third-order valence-electron chi connectivity index (χ3n) is 3.30. The molecule has 1 amide bonds. The quantitative estimate of drug-likeness (QED) is 0.636. The highest BCUT2D eigenvalue weighted by Gasteiger charge is 2.25. The molecule has 0 aliphatic heterocycles. The molecular weight excluding hydrogens is 204 g/mol. The molecular formula is C12H24N2O2. The number of hydrogen-bond donors (Lipinski definition) is 2. The Balaban J connectivity index is 2.04. The number of amides is 1. The standard InChI is InChI=1S/C12H24N2O2/c1-2-14-12(15)6-7-16-9-11-5-3-4-10(11)8-13/h10-11H,2-9,13H2,1H3,(H,14,15). The second-order valence-corrected chi connectivity index (χ2v) is 4.47. The zero-order chi connectivity index (χ0) is 11.8. The summed E-state index contributed by atoms with van der Waals surface area (Å²) in [5.74, 6) is 1.31. The van der Waals surface area contributed by atoms with Crippen LogP contribution in [0.25, 0.3) is 0 Å². The second-order valence-electron chi connectivity index (χ2n) is 4.47. The van der Waals surface area contributed by atoms with Gasteiger partial charge in [0, 0.05) is 19.6 Å². The Morgan fingerprint density at radius 1 is 1.44 bits per heavy atom. The number of nitrogens with two attached hydrogens (primary N) is 1. The first-order valence-corrected chi connectivity index (χ1v) is 6.32. The molecule has 1 aliphatic rings. The summed E-state index contributed by atoms with van der Waals surface area (Å²) in [5.41, 5.74) is 5.70. The molecule has 0 heterocycles. The van der Waals surface area contributed by atoms with Crippen molar-refractivity contribution >= 4 is 5.91 Å². The van der Waals surface area contributed by atoms with Gasteiger partial charge in [-0.05, 0) is 38.1 Å². The fraction of sp³-hybridized carbons (Fsp3) is 0.917. The van der Waals surface area contributed by atoms with Crippen molar-refractivity contribution in [2.45, 2.75) is 32.6 Å². The molecule has 1 saturated carbocycles. The van der Waals surface area contributed by atoms with Gasteiger partial charge in [0.05, 0.1) is 6.61 Å². The Morgan fingerprint density at radius 3 is 2.88 bits per heavy atom. The van der Waals surface area contributed by atoms with Crippen LogP contribution in [-0.2, 0) is 9.53 Å². The van der Waals surface area contributed by atoms with E-state index < -0.39 is 0 Å². The van der Waals surface area contributed by atoms with E-state index >= 15 is 0 Å². The van der Waals surface area contributed by atoms with Crippen molar-refractivity contribution < 1.29 is 9.53 Å². The lowest BCUT2D eigenvalue weighted by atomic mass is 9.97. The van der Waals surface area contributed by atoms with Gasteiger partial charge in [-0.25, -0.2) is 0 Å². The topological polar surface area (TPSA) is 64.3 Å². The summed E-state index contributed by atoms with van der Waals surface area (Å²) >= 11 is 0. The van der Waals surface area contributed by atoms with E-state index in [-0.39, 0.29) is 5.91 Å². The molecule has 0 aromatic heterocycles. The highest BCUT2D eigenvalue weighted by Crippen LogP contribution is 2.30. The van der Waals surface area contributed by atoms with Crippen LogP contribution in [0.3, 0.4) is 0 Å². The van der Waals surface area contributed by atoms with Crippen LogP contribution in [0.1, 0.15) is 32.6 Å². The predicted octanol–water partition coefficient (Wildman–Crippen LogP) is 0.904. The zero-order valence-corrected chi connectivity index (χ0v) is 10.2. The van der Waals surface area contributed by atoms with Gasteiger partial charge in [-0.15, -0.1) is 0 Å². The van der Waals surface area contributed by atoms with Gasteiger partial charge in [-0.2, -0.15) is 0 Å². The molecule has 1 fully saturated rings. The third-order valence-corrected chi connectivity index (χ3v) is 3.30. The zero-order valence-electron chi connectivity index (χ0n) is 10.2. The Morgan fingerprint density at radius 2 is 2.19 bits per heavy atom. The highest BCUT2D eigenvalue weighted by molar-refractivity contribution is 5.75. The molecule has 0 saturated heterocycles. The lowest BCUT2D eigenvalue weighted by Crippen LogP contribution is -2.25. The molecule has 0 aromatic rings. The van der Waals surface area contributed by atoms with E-state index in [0.29, 0.717) is 31.4 Å². The van der Waals surface area contributed by atoms with Crippen LogP contribution in [0.4, 0.5) is 0 Å². The maximum Gasteiger partial charge on any atom is 0.222 e. The van der Waals surface area contributed by atoms with Crippen molar-refractivity contribution in [3.05, 3.63) is 0 Å². The number of hydrogen-bond acceptors (Lipinski definition) is 3. The number of nitrogens with one attached hydrogen (secondary N) is 1. The molecule has 2 unspecified atom stereocenters. The van der Waals surface area contributed by atoms with E-state index in [4.69, 9.17) is 10.5 Å². The maximum atomic E-state index is 11.1. The Hall–Kier alpha value is -0.610. The second kappa shape index (κ2) is 7.63. The van der Waals surface area contributed by atoms with Gasteiger partial charge in [0.1, 0.15) is 0 Å². The lowest BCUT2D eigenvalue weighted by molar-refractivity contribution is -0.122. The van der Waals surface area contributed by atoms with Crippen LogP contribution in [0.5, 0.6) is 0 Å². The summed E-state index contributed by atoms with van der Waals surface area (Å²) < 4.78 is 5.55. The Kier molecular flexibility index (Phi) is 6.42. The number of carbonyl (C=O) groups is 1. The van der Waals surface area contributed by atoms with Crippen molar-refractivity contribution in [2.24, 2.45) is 17.6 Å². The minimum absolute atomic E-state index is 0.0734. The molecule has 0 spiro atoms. The molecule has 0 bridgehead atoms. The third kappa shape index (κ3) is 4.49. The summed E-state index contributed by atoms with van der Waals surface area (Å²) in [5, 5.41) is 2.75. The molecule has 94 valence electrons. The fourth-order valence-corrected chi connectivity index (χ4v) is 2.33. The molecule has 1 rings (SSSR count). The van der Waals surface area contributed by atoms with E-state index in [1.165, 1.54) is 19.3 Å². The molecule has 16 heavy (non-hydrogen) atoms. The number of carbonyl (C=O) groups excluding carboxylic acids is 1. The molecule has 4 heteroatoms. The summed E-state index contributed by atoms with van der Waals surface area (Å²) in [4.78, 5) is 11.1. The average Bonchev–Trinajstić information content (AvgIpc) is 2.72. The normalized spacial score (nSPS) is 24.6. The van der Waals surface area contributed by atoms with Crippen LogP contribution in [0.2, 0.25) is 0 Å². The minimum atomic E-state index is 0.0734. The fourth-order valence-electron chi connectivity index (χ4n) is 2.33. The first kappa shape index (κ1) is 13.5. The van der Waals surface area contributed by atoms with Crippen molar-refractivity contribution in [2.75, 3.05) is 26.3 Å². The average molecular weight is 228 g/mol. The van der Waals surface area contributed by atoms with Crippen LogP contribution in [0, 0.1) is 11.8 Å². The Bertz CT molecular complexity index is 209. The van der Waals surface area contributed by atoms with Crippen LogP contribution < -0.4 is 11.1 Å². The van der Waals surface area contributed by atoms with Crippen molar-refractivity contribution in [3.8, 4) is 0 Å². The number of rotatable bonds is 7. The first-order valence-electron chi connectivity index (χ1n) is 6.32. The van der Waals surface area contributed by atoms with Crippen LogP contribution in [-0.4, -0.2) is 32.2 Å². The van der Waals surface area contributed by atoms with Crippen LogP contribution >= 0.6 is 0 Å². The van der Waals surface area contributed by atoms with Crippen molar-refractivity contribution in [3.63, 3.8) is 0 Å². The molecule has 0 radical (unpaired) electrons. The molecule has 4 nitrogen and oxygen atoms in total. The summed E-state index contributed by atoms with van der Waals surface area (Å²) in [7, 11) is 0. The molecule has 3 N–H and O–H groups in total. The minimum Gasteiger partial charge on any atom is -0.381 e. The van der Waals surface area contributed by atoms with Gasteiger partial charge in [0.2, 0.25) is 5.91 Å².